The maximum absolute atomic E-state index is 12.3. The Kier molecular flexibility index (Phi) is 6.48. The molecule has 0 radical (unpaired) electrons. The average molecular weight is 398 g/mol. The summed E-state index contributed by atoms with van der Waals surface area (Å²) in [6.45, 7) is 4.66. The number of ether oxygens (including phenoxy) is 1. The molecule has 2 rings (SSSR count). The van der Waals surface area contributed by atoms with Crippen LogP contribution >= 0.6 is 15.9 Å². The lowest BCUT2D eigenvalue weighted by molar-refractivity contribution is -0.133. The van der Waals surface area contributed by atoms with Crippen LogP contribution in [0, 0.1) is 6.92 Å². The van der Waals surface area contributed by atoms with Crippen molar-refractivity contribution < 1.29 is 14.3 Å². The summed E-state index contributed by atoms with van der Waals surface area (Å²) < 4.78 is 6.57. The van der Waals surface area contributed by atoms with Crippen molar-refractivity contribution in [2.45, 2.75) is 13.3 Å². The minimum Gasteiger partial charge on any atom is -0.492 e. The van der Waals surface area contributed by atoms with Crippen molar-refractivity contribution in [2.75, 3.05) is 46.9 Å². The molecule has 1 aromatic rings. The molecule has 1 heterocycles. The predicted molar refractivity (Wildman–Crippen MR) is 96.2 cm³/mol. The molecule has 1 aromatic carbocycles. The maximum Gasteiger partial charge on any atom is 0.319 e. The number of aryl methyl sites for hydroxylation is 1. The van der Waals surface area contributed by atoms with Gasteiger partial charge in [-0.2, -0.15) is 0 Å². The summed E-state index contributed by atoms with van der Waals surface area (Å²) >= 11 is 3.46. The van der Waals surface area contributed by atoms with E-state index >= 15 is 0 Å². The molecular formula is C17H24BrN3O3. The van der Waals surface area contributed by atoms with Crippen LogP contribution in [0.5, 0.6) is 5.75 Å². The third-order valence-corrected chi connectivity index (χ3v) is 4.57. The van der Waals surface area contributed by atoms with E-state index in [1.165, 1.54) is 0 Å². The van der Waals surface area contributed by atoms with Crippen molar-refractivity contribution in [2.24, 2.45) is 0 Å². The van der Waals surface area contributed by atoms with Gasteiger partial charge in [0.15, 0.2) is 0 Å². The summed E-state index contributed by atoms with van der Waals surface area (Å²) in [5, 5.41) is 0. The molecule has 1 fully saturated rings. The fourth-order valence-electron chi connectivity index (χ4n) is 2.56. The third kappa shape index (κ3) is 4.87. The minimum absolute atomic E-state index is 0.00495. The van der Waals surface area contributed by atoms with Gasteiger partial charge in [0.05, 0.1) is 17.5 Å². The lowest BCUT2D eigenvalue weighted by Gasteiger charge is -2.36. The van der Waals surface area contributed by atoms with E-state index in [1.54, 1.807) is 28.8 Å². The number of nitrogens with zero attached hydrogens (tertiary/aromatic N) is 3. The number of rotatable bonds is 4. The molecule has 132 valence electrons. The number of piperazine rings is 1. The van der Waals surface area contributed by atoms with E-state index in [1.807, 2.05) is 25.1 Å². The van der Waals surface area contributed by atoms with Crippen LogP contribution < -0.4 is 4.74 Å². The first-order valence-corrected chi connectivity index (χ1v) is 8.80. The lowest BCUT2D eigenvalue weighted by atomic mass is 10.2. The van der Waals surface area contributed by atoms with E-state index in [-0.39, 0.29) is 11.9 Å². The van der Waals surface area contributed by atoms with Crippen LogP contribution in [0.3, 0.4) is 0 Å². The molecule has 6 nitrogen and oxygen atoms in total. The molecule has 0 atom stereocenters. The Morgan fingerprint density at radius 2 is 1.79 bits per heavy atom. The van der Waals surface area contributed by atoms with E-state index in [4.69, 9.17) is 4.74 Å². The quantitative estimate of drug-likeness (QED) is 0.783. The average Bonchev–Trinajstić information content (AvgIpc) is 2.56. The molecule has 7 heteroatoms. The van der Waals surface area contributed by atoms with Gasteiger partial charge in [-0.05, 0) is 40.5 Å². The van der Waals surface area contributed by atoms with E-state index in [9.17, 15) is 9.59 Å². The van der Waals surface area contributed by atoms with Gasteiger partial charge in [-0.3, -0.25) is 4.79 Å². The second kappa shape index (κ2) is 8.37. The largest absolute Gasteiger partial charge is 0.492 e. The molecule has 0 aromatic heterocycles. The van der Waals surface area contributed by atoms with Crippen LogP contribution in [0.15, 0.2) is 22.7 Å². The Hall–Kier alpha value is -1.76. The molecule has 0 unspecified atom stereocenters. The highest BCUT2D eigenvalue weighted by atomic mass is 79.9. The van der Waals surface area contributed by atoms with Crippen molar-refractivity contribution in [1.29, 1.82) is 0 Å². The zero-order valence-corrected chi connectivity index (χ0v) is 16.0. The van der Waals surface area contributed by atoms with Crippen LogP contribution in [-0.2, 0) is 4.79 Å². The van der Waals surface area contributed by atoms with E-state index < -0.39 is 0 Å². The number of amides is 3. The Bertz CT molecular complexity index is 599. The normalized spacial score (nSPS) is 14.5. The van der Waals surface area contributed by atoms with Gasteiger partial charge in [-0.15, -0.1) is 0 Å². The van der Waals surface area contributed by atoms with Gasteiger partial charge >= 0.3 is 6.03 Å². The van der Waals surface area contributed by atoms with E-state index in [0.29, 0.717) is 39.2 Å². The number of carbonyl (C=O) groups is 2. The first-order chi connectivity index (χ1) is 11.4. The first-order valence-electron chi connectivity index (χ1n) is 8.01. The van der Waals surface area contributed by atoms with E-state index in [0.717, 1.165) is 15.8 Å². The fourth-order valence-corrected chi connectivity index (χ4v) is 3.17. The minimum atomic E-state index is -0.00495. The molecule has 0 N–H and O–H groups in total. The molecule has 1 aliphatic heterocycles. The third-order valence-electron chi connectivity index (χ3n) is 3.95. The number of benzene rings is 1. The van der Waals surface area contributed by atoms with Crippen LogP contribution in [-0.4, -0.2) is 73.5 Å². The van der Waals surface area contributed by atoms with Gasteiger partial charge in [0.2, 0.25) is 5.91 Å². The predicted octanol–water partition coefficient (Wildman–Crippen LogP) is 2.35. The van der Waals surface area contributed by atoms with Crippen molar-refractivity contribution in [3.05, 3.63) is 28.2 Å². The van der Waals surface area contributed by atoms with Crippen molar-refractivity contribution >= 4 is 27.9 Å². The highest BCUT2D eigenvalue weighted by molar-refractivity contribution is 9.10. The van der Waals surface area contributed by atoms with Crippen LogP contribution in [0.25, 0.3) is 0 Å². The topological polar surface area (TPSA) is 53.1 Å². The summed E-state index contributed by atoms with van der Waals surface area (Å²) in [4.78, 5) is 29.3. The molecule has 0 spiro atoms. The molecule has 3 amide bonds. The summed E-state index contributed by atoms with van der Waals surface area (Å²) in [6, 6.07) is 5.85. The van der Waals surface area contributed by atoms with Gasteiger partial charge in [0.25, 0.3) is 0 Å². The number of halogens is 1. The van der Waals surface area contributed by atoms with Crippen molar-refractivity contribution in [1.82, 2.24) is 14.7 Å². The Morgan fingerprint density at radius 3 is 2.38 bits per heavy atom. The number of hydrogen-bond donors (Lipinski definition) is 0. The van der Waals surface area contributed by atoms with Gasteiger partial charge in [-0.25, -0.2) is 4.79 Å². The van der Waals surface area contributed by atoms with Gasteiger partial charge in [0, 0.05) is 40.3 Å². The first kappa shape index (κ1) is 18.6. The van der Waals surface area contributed by atoms with Crippen LogP contribution in [0.2, 0.25) is 0 Å². The molecule has 1 saturated heterocycles. The number of carbonyl (C=O) groups excluding carboxylic acids is 2. The maximum atomic E-state index is 12.3. The van der Waals surface area contributed by atoms with Gasteiger partial charge in [0.1, 0.15) is 5.75 Å². The smallest absolute Gasteiger partial charge is 0.319 e. The zero-order chi connectivity index (χ0) is 17.7. The highest BCUT2D eigenvalue weighted by Gasteiger charge is 2.24. The molecule has 24 heavy (non-hydrogen) atoms. The summed E-state index contributed by atoms with van der Waals surface area (Å²) in [5.74, 6) is 0.810. The number of hydrogen-bond acceptors (Lipinski definition) is 3. The summed E-state index contributed by atoms with van der Waals surface area (Å²) in [6.07, 6.45) is 0.335. The summed E-state index contributed by atoms with van der Waals surface area (Å²) in [5.41, 5.74) is 1.15. The van der Waals surface area contributed by atoms with Crippen LogP contribution in [0.1, 0.15) is 12.0 Å². The second-order valence-electron chi connectivity index (χ2n) is 6.08. The monoisotopic (exact) mass is 397 g/mol. The molecule has 1 aliphatic rings. The van der Waals surface area contributed by atoms with Crippen LogP contribution in [0.4, 0.5) is 4.79 Å². The van der Waals surface area contributed by atoms with Crippen molar-refractivity contribution in [3.8, 4) is 5.75 Å². The Balaban J connectivity index is 1.75. The Labute approximate surface area is 151 Å². The van der Waals surface area contributed by atoms with Gasteiger partial charge in [-0.1, -0.05) is 6.07 Å². The molecule has 0 bridgehead atoms. The number of urea groups is 1. The molecule has 0 aliphatic carbocycles. The highest BCUT2D eigenvalue weighted by Crippen LogP contribution is 2.25. The molecular weight excluding hydrogens is 374 g/mol. The van der Waals surface area contributed by atoms with E-state index in [2.05, 4.69) is 15.9 Å². The molecule has 0 saturated carbocycles. The van der Waals surface area contributed by atoms with Crippen molar-refractivity contribution in [3.63, 3.8) is 0 Å². The van der Waals surface area contributed by atoms with Gasteiger partial charge < -0.3 is 19.4 Å². The Morgan fingerprint density at radius 1 is 1.17 bits per heavy atom. The zero-order valence-electron chi connectivity index (χ0n) is 14.4. The SMILES string of the molecule is Cc1ccc(OCCC(=O)N2CCN(C(=O)N(C)C)CC2)c(Br)c1. The summed E-state index contributed by atoms with van der Waals surface area (Å²) in [7, 11) is 3.47. The fraction of sp³-hybridized carbons (Fsp3) is 0.529. The second-order valence-corrected chi connectivity index (χ2v) is 6.93. The lowest BCUT2D eigenvalue weighted by Crippen LogP contribution is -2.53. The standard InChI is InChI=1S/C17H24BrN3O3/c1-13-4-5-15(14(18)12-13)24-11-6-16(22)20-7-9-21(10-8-20)17(23)19(2)3/h4-5,12H,6-11H2,1-3H3.